The van der Waals surface area contributed by atoms with E-state index in [-0.39, 0.29) is 5.56 Å². The minimum Gasteiger partial charge on any atom is -0.226 e. The number of aromatic nitrogens is 1. The Morgan fingerprint density at radius 3 is 2.18 bits per heavy atom. The Kier molecular flexibility index (Phi) is 4.34. The highest BCUT2D eigenvalue weighted by Crippen LogP contribution is 2.05. The van der Waals surface area contributed by atoms with Crippen LogP contribution in [0.15, 0.2) is 12.3 Å². The molecule has 0 spiro atoms. The van der Waals surface area contributed by atoms with Crippen LogP contribution in [0.5, 0.6) is 0 Å². The molecule has 0 N–H and O–H groups in total. The molecule has 0 aliphatic rings. The molecule has 0 radical (unpaired) electrons. The highest BCUT2D eigenvalue weighted by molar-refractivity contribution is 5.10. The third-order valence-electron chi connectivity index (χ3n) is 1.04. The SMILES string of the molecule is CC.Cc1ccnc(F)c1F. The Bertz CT molecular complexity index is 203. The maximum atomic E-state index is 12.3. The lowest BCUT2D eigenvalue weighted by atomic mass is 10.3. The van der Waals surface area contributed by atoms with E-state index in [0.29, 0.717) is 0 Å². The number of nitrogens with zero attached hydrogens (tertiary/aromatic N) is 1. The molecule has 1 aromatic heterocycles. The van der Waals surface area contributed by atoms with E-state index in [0.717, 1.165) is 0 Å². The molecule has 0 atom stereocenters. The normalized spacial score (nSPS) is 8.45. The van der Waals surface area contributed by atoms with Gasteiger partial charge in [-0.15, -0.1) is 0 Å². The summed E-state index contributed by atoms with van der Waals surface area (Å²) in [6.45, 7) is 5.49. The molecule has 0 aromatic carbocycles. The largest absolute Gasteiger partial charge is 0.249 e. The molecule has 0 amide bonds. The molecule has 0 unspecified atom stereocenters. The average Bonchev–Trinajstić information content (AvgIpc) is 2.04. The van der Waals surface area contributed by atoms with Gasteiger partial charge in [0.1, 0.15) is 0 Å². The van der Waals surface area contributed by atoms with Gasteiger partial charge >= 0.3 is 0 Å². The molecule has 0 aliphatic carbocycles. The number of hydrogen-bond acceptors (Lipinski definition) is 1. The first-order chi connectivity index (χ1) is 5.22. The summed E-state index contributed by atoms with van der Waals surface area (Å²) in [4.78, 5) is 3.10. The lowest BCUT2D eigenvalue weighted by Gasteiger charge is -1.92. The Morgan fingerprint density at radius 2 is 1.82 bits per heavy atom. The van der Waals surface area contributed by atoms with E-state index in [1.165, 1.54) is 19.2 Å². The topological polar surface area (TPSA) is 12.9 Å². The van der Waals surface area contributed by atoms with E-state index in [2.05, 4.69) is 4.98 Å². The highest BCUT2D eigenvalue weighted by Gasteiger charge is 2.02. The van der Waals surface area contributed by atoms with Crippen molar-refractivity contribution >= 4 is 0 Å². The second-order valence-corrected chi connectivity index (χ2v) is 1.73. The summed E-state index contributed by atoms with van der Waals surface area (Å²) in [5.74, 6) is -1.90. The van der Waals surface area contributed by atoms with Gasteiger partial charge < -0.3 is 0 Å². The van der Waals surface area contributed by atoms with E-state index in [9.17, 15) is 8.78 Å². The van der Waals surface area contributed by atoms with Gasteiger partial charge in [0.2, 0.25) is 5.95 Å². The van der Waals surface area contributed by atoms with E-state index in [1.807, 2.05) is 13.8 Å². The van der Waals surface area contributed by atoms with Crippen LogP contribution < -0.4 is 0 Å². The zero-order chi connectivity index (χ0) is 8.85. The van der Waals surface area contributed by atoms with Crippen molar-refractivity contribution in [3.05, 3.63) is 29.6 Å². The van der Waals surface area contributed by atoms with E-state index < -0.39 is 11.8 Å². The molecule has 62 valence electrons. The van der Waals surface area contributed by atoms with E-state index in [1.54, 1.807) is 0 Å². The van der Waals surface area contributed by atoms with Crippen molar-refractivity contribution in [2.24, 2.45) is 0 Å². The first-order valence-corrected chi connectivity index (χ1v) is 3.48. The Hall–Kier alpha value is -0.990. The minimum atomic E-state index is -1.03. The van der Waals surface area contributed by atoms with Gasteiger partial charge in [-0.25, -0.2) is 9.37 Å². The van der Waals surface area contributed by atoms with Crippen LogP contribution in [0.4, 0.5) is 8.78 Å². The average molecular weight is 159 g/mol. The number of hydrogen-bond donors (Lipinski definition) is 0. The van der Waals surface area contributed by atoms with Gasteiger partial charge in [0.25, 0.3) is 0 Å². The summed E-state index contributed by atoms with van der Waals surface area (Å²) < 4.78 is 24.4. The second-order valence-electron chi connectivity index (χ2n) is 1.73. The molecule has 11 heavy (non-hydrogen) atoms. The summed E-state index contributed by atoms with van der Waals surface area (Å²) in [6.07, 6.45) is 1.23. The van der Waals surface area contributed by atoms with Gasteiger partial charge in [-0.05, 0) is 18.6 Å². The van der Waals surface area contributed by atoms with Crippen LogP contribution in [0.3, 0.4) is 0 Å². The summed E-state index contributed by atoms with van der Waals surface area (Å²) in [7, 11) is 0. The van der Waals surface area contributed by atoms with Gasteiger partial charge in [0.05, 0.1) is 0 Å². The third-order valence-corrected chi connectivity index (χ3v) is 1.04. The van der Waals surface area contributed by atoms with Gasteiger partial charge in [-0.2, -0.15) is 4.39 Å². The molecule has 0 aliphatic heterocycles. The quantitative estimate of drug-likeness (QED) is 0.530. The Labute approximate surface area is 65.1 Å². The molecular formula is C8H11F2N. The molecule has 1 aromatic rings. The molecule has 0 bridgehead atoms. The zero-order valence-corrected chi connectivity index (χ0v) is 6.86. The maximum Gasteiger partial charge on any atom is 0.249 e. The molecule has 3 heteroatoms. The summed E-state index contributed by atoms with van der Waals surface area (Å²) >= 11 is 0. The van der Waals surface area contributed by atoms with Crippen molar-refractivity contribution in [1.29, 1.82) is 0 Å². The van der Waals surface area contributed by atoms with Crippen molar-refractivity contribution in [2.45, 2.75) is 20.8 Å². The smallest absolute Gasteiger partial charge is 0.226 e. The number of aryl methyl sites for hydroxylation is 1. The molecule has 0 fully saturated rings. The summed E-state index contributed by atoms with van der Waals surface area (Å²) in [6, 6.07) is 1.42. The zero-order valence-electron chi connectivity index (χ0n) is 6.86. The van der Waals surface area contributed by atoms with Crippen molar-refractivity contribution < 1.29 is 8.78 Å². The lowest BCUT2D eigenvalue weighted by molar-refractivity contribution is 0.474. The Balaban J connectivity index is 0.000000461. The molecule has 0 saturated carbocycles. The van der Waals surface area contributed by atoms with Crippen LogP contribution in [0.1, 0.15) is 19.4 Å². The fraction of sp³-hybridized carbons (Fsp3) is 0.375. The third kappa shape index (κ3) is 2.62. The number of pyridine rings is 1. The van der Waals surface area contributed by atoms with Gasteiger partial charge in [-0.1, -0.05) is 13.8 Å². The van der Waals surface area contributed by atoms with Crippen LogP contribution >= 0.6 is 0 Å². The van der Waals surface area contributed by atoms with Crippen LogP contribution in [0.25, 0.3) is 0 Å². The highest BCUT2D eigenvalue weighted by atomic mass is 19.2. The molecular weight excluding hydrogens is 148 g/mol. The van der Waals surface area contributed by atoms with Gasteiger partial charge in [0, 0.05) is 6.20 Å². The van der Waals surface area contributed by atoms with Crippen molar-refractivity contribution in [1.82, 2.24) is 4.98 Å². The van der Waals surface area contributed by atoms with Crippen molar-refractivity contribution in [3.63, 3.8) is 0 Å². The molecule has 1 heterocycles. The van der Waals surface area contributed by atoms with Crippen LogP contribution in [0.2, 0.25) is 0 Å². The summed E-state index contributed by atoms with van der Waals surface area (Å²) in [5.41, 5.74) is 0.280. The van der Waals surface area contributed by atoms with Crippen LogP contribution in [0, 0.1) is 18.7 Å². The van der Waals surface area contributed by atoms with E-state index in [4.69, 9.17) is 0 Å². The van der Waals surface area contributed by atoms with E-state index >= 15 is 0 Å². The predicted molar refractivity (Wildman–Crippen MR) is 40.2 cm³/mol. The Morgan fingerprint density at radius 1 is 1.27 bits per heavy atom. The lowest BCUT2D eigenvalue weighted by Crippen LogP contribution is -1.90. The molecule has 1 rings (SSSR count). The van der Waals surface area contributed by atoms with Gasteiger partial charge in [-0.3, -0.25) is 0 Å². The van der Waals surface area contributed by atoms with Crippen LogP contribution in [-0.4, -0.2) is 4.98 Å². The van der Waals surface area contributed by atoms with Crippen LogP contribution in [-0.2, 0) is 0 Å². The first kappa shape index (κ1) is 10.0. The first-order valence-electron chi connectivity index (χ1n) is 3.48. The minimum absolute atomic E-state index is 0.280. The number of rotatable bonds is 0. The summed E-state index contributed by atoms with van der Waals surface area (Å²) in [5, 5.41) is 0. The van der Waals surface area contributed by atoms with Crippen molar-refractivity contribution in [2.75, 3.05) is 0 Å². The molecule has 1 nitrogen and oxygen atoms in total. The fourth-order valence-electron chi connectivity index (χ4n) is 0.507. The predicted octanol–water partition coefficient (Wildman–Crippen LogP) is 2.69. The molecule has 0 saturated heterocycles. The monoisotopic (exact) mass is 159 g/mol. The van der Waals surface area contributed by atoms with Crippen molar-refractivity contribution in [3.8, 4) is 0 Å². The fourth-order valence-corrected chi connectivity index (χ4v) is 0.507. The maximum absolute atomic E-state index is 12.3. The standard InChI is InChI=1S/C6H5F2N.C2H6/c1-4-2-3-9-6(8)5(4)7;1-2/h2-3H,1H3;1-2H3. The second kappa shape index (κ2) is 4.77. The van der Waals surface area contributed by atoms with Gasteiger partial charge in [0.15, 0.2) is 5.82 Å². The number of halogens is 2.